The van der Waals surface area contributed by atoms with Gasteiger partial charge in [-0.2, -0.15) is 4.68 Å². The number of benzene rings is 1. The number of nitro groups is 1. The molecule has 9 nitrogen and oxygen atoms in total. The first-order chi connectivity index (χ1) is 12.5. The Balaban J connectivity index is 1.60. The van der Waals surface area contributed by atoms with Crippen LogP contribution in [0, 0.1) is 17.0 Å². The van der Waals surface area contributed by atoms with Crippen LogP contribution in [-0.4, -0.2) is 51.8 Å². The lowest BCUT2D eigenvalue weighted by atomic mass is 10.2. The van der Waals surface area contributed by atoms with Gasteiger partial charge in [0.25, 0.3) is 0 Å². The predicted octanol–water partition coefficient (Wildman–Crippen LogP) is 1.57. The Morgan fingerprint density at radius 1 is 1.35 bits per heavy atom. The minimum atomic E-state index is -0.573. The molecule has 1 saturated heterocycles. The number of ether oxygens (including phenoxy) is 1. The summed E-state index contributed by atoms with van der Waals surface area (Å²) in [6, 6.07) is 9.02. The highest BCUT2D eigenvalue weighted by atomic mass is 16.6. The molecule has 2 heterocycles. The van der Waals surface area contributed by atoms with Gasteiger partial charge in [-0.15, -0.1) is 0 Å². The fourth-order valence-corrected chi connectivity index (χ4v) is 2.84. The van der Waals surface area contributed by atoms with E-state index in [1.54, 1.807) is 6.92 Å². The van der Waals surface area contributed by atoms with E-state index in [2.05, 4.69) is 15.3 Å². The number of morpholine rings is 1. The van der Waals surface area contributed by atoms with Crippen molar-refractivity contribution in [3.8, 4) is 0 Å². The number of carbonyl (C=O) groups excluding carboxylic acids is 1. The Labute approximate surface area is 150 Å². The molecule has 0 aliphatic carbocycles. The maximum atomic E-state index is 12.2. The van der Waals surface area contributed by atoms with Gasteiger partial charge in [0.15, 0.2) is 0 Å². The van der Waals surface area contributed by atoms with Crippen molar-refractivity contribution in [2.24, 2.45) is 0 Å². The molecule has 138 valence electrons. The molecule has 1 aliphatic rings. The van der Waals surface area contributed by atoms with E-state index in [1.807, 2.05) is 24.3 Å². The summed E-state index contributed by atoms with van der Waals surface area (Å²) in [6.45, 7) is 5.68. The van der Waals surface area contributed by atoms with Crippen molar-refractivity contribution in [2.45, 2.75) is 20.0 Å². The van der Waals surface area contributed by atoms with Crippen molar-refractivity contribution in [1.82, 2.24) is 14.7 Å². The number of hydrogen-bond donors (Lipinski definition) is 1. The molecule has 0 spiro atoms. The van der Waals surface area contributed by atoms with E-state index in [4.69, 9.17) is 4.74 Å². The molecule has 0 radical (unpaired) electrons. The molecule has 0 saturated carbocycles. The second kappa shape index (κ2) is 8.07. The predicted molar refractivity (Wildman–Crippen MR) is 94.8 cm³/mol. The van der Waals surface area contributed by atoms with Crippen LogP contribution in [0.3, 0.4) is 0 Å². The zero-order chi connectivity index (χ0) is 18.5. The number of anilines is 1. The Kier molecular flexibility index (Phi) is 5.59. The van der Waals surface area contributed by atoms with Gasteiger partial charge in [0, 0.05) is 25.3 Å². The number of amides is 1. The highest BCUT2D eigenvalue weighted by molar-refractivity contribution is 5.90. The van der Waals surface area contributed by atoms with Crippen molar-refractivity contribution >= 4 is 17.4 Å². The molecule has 9 heteroatoms. The average molecular weight is 359 g/mol. The van der Waals surface area contributed by atoms with Crippen LogP contribution in [0.5, 0.6) is 0 Å². The van der Waals surface area contributed by atoms with Crippen molar-refractivity contribution in [3.05, 3.63) is 51.7 Å². The van der Waals surface area contributed by atoms with E-state index in [-0.39, 0.29) is 18.3 Å². The van der Waals surface area contributed by atoms with Gasteiger partial charge in [-0.25, -0.2) is 0 Å². The third-order valence-electron chi connectivity index (χ3n) is 4.17. The van der Waals surface area contributed by atoms with E-state index in [9.17, 15) is 14.9 Å². The molecule has 1 aliphatic heterocycles. The van der Waals surface area contributed by atoms with E-state index in [1.165, 1.54) is 10.7 Å². The van der Waals surface area contributed by atoms with Gasteiger partial charge in [0.2, 0.25) is 5.91 Å². The molecule has 0 bridgehead atoms. The summed E-state index contributed by atoms with van der Waals surface area (Å²) in [5.41, 5.74) is 2.36. The Hall–Kier alpha value is -2.78. The lowest BCUT2D eigenvalue weighted by molar-refractivity contribution is -0.389. The van der Waals surface area contributed by atoms with Gasteiger partial charge in [-0.1, -0.05) is 12.1 Å². The molecule has 1 aromatic heterocycles. The zero-order valence-electron chi connectivity index (χ0n) is 14.6. The van der Waals surface area contributed by atoms with Crippen molar-refractivity contribution in [3.63, 3.8) is 0 Å². The molecule has 26 heavy (non-hydrogen) atoms. The minimum Gasteiger partial charge on any atom is -0.379 e. The van der Waals surface area contributed by atoms with Gasteiger partial charge < -0.3 is 20.2 Å². The molecule has 1 N–H and O–H groups in total. The van der Waals surface area contributed by atoms with Crippen LogP contribution in [-0.2, 0) is 22.6 Å². The van der Waals surface area contributed by atoms with E-state index in [0.29, 0.717) is 11.4 Å². The largest absolute Gasteiger partial charge is 0.390 e. The van der Waals surface area contributed by atoms with Crippen LogP contribution in [0.2, 0.25) is 0 Å². The van der Waals surface area contributed by atoms with Crippen molar-refractivity contribution in [1.29, 1.82) is 0 Å². The summed E-state index contributed by atoms with van der Waals surface area (Å²) in [6.07, 6.45) is 0. The minimum absolute atomic E-state index is 0.0760. The second-order valence-electron chi connectivity index (χ2n) is 6.20. The average Bonchev–Trinajstić information content (AvgIpc) is 2.97. The van der Waals surface area contributed by atoms with Crippen LogP contribution in [0.25, 0.3) is 0 Å². The third-order valence-corrected chi connectivity index (χ3v) is 4.17. The Morgan fingerprint density at radius 3 is 2.81 bits per heavy atom. The summed E-state index contributed by atoms with van der Waals surface area (Å²) in [5, 5.41) is 17.4. The molecule has 1 aromatic carbocycles. The standard InChI is InChI=1S/C17H21N5O4/c1-13-9-16(22(24)25)19-21(13)12-17(23)18-15-4-2-3-14(10-15)11-20-5-7-26-8-6-20/h2-4,9-10H,5-8,11-12H2,1H3,(H,18,23). The highest BCUT2D eigenvalue weighted by Gasteiger charge is 2.17. The first kappa shape index (κ1) is 18.0. The van der Waals surface area contributed by atoms with Gasteiger partial charge in [0.05, 0.1) is 30.1 Å². The maximum absolute atomic E-state index is 12.2. The first-order valence-corrected chi connectivity index (χ1v) is 8.39. The number of aromatic nitrogens is 2. The normalized spacial score (nSPS) is 15.0. The molecule has 1 amide bonds. The molecule has 0 atom stereocenters. The smallest absolute Gasteiger partial charge is 0.379 e. The first-order valence-electron chi connectivity index (χ1n) is 8.39. The number of carbonyl (C=O) groups is 1. The summed E-state index contributed by atoms with van der Waals surface area (Å²) in [7, 11) is 0. The number of rotatable bonds is 6. The number of nitrogens with one attached hydrogen (secondary N) is 1. The molecule has 1 fully saturated rings. The summed E-state index contributed by atoms with van der Waals surface area (Å²) >= 11 is 0. The van der Waals surface area contributed by atoms with Gasteiger partial charge in [0.1, 0.15) is 6.54 Å². The summed E-state index contributed by atoms with van der Waals surface area (Å²) in [5.74, 6) is -0.544. The Morgan fingerprint density at radius 2 is 2.12 bits per heavy atom. The second-order valence-corrected chi connectivity index (χ2v) is 6.20. The SMILES string of the molecule is Cc1cc([N+](=O)[O-])nn1CC(=O)Nc1cccc(CN2CCOCC2)c1. The van der Waals surface area contributed by atoms with Gasteiger partial charge in [-0.3, -0.25) is 9.69 Å². The van der Waals surface area contributed by atoms with Crippen LogP contribution in [0.1, 0.15) is 11.3 Å². The molecule has 2 aromatic rings. The number of hydrogen-bond acceptors (Lipinski definition) is 6. The molecule has 3 rings (SSSR count). The van der Waals surface area contributed by atoms with E-state index >= 15 is 0 Å². The fraction of sp³-hybridized carbons (Fsp3) is 0.412. The Bertz CT molecular complexity index is 798. The van der Waals surface area contributed by atoms with Gasteiger partial charge >= 0.3 is 5.82 Å². The summed E-state index contributed by atoms with van der Waals surface area (Å²) < 4.78 is 6.67. The number of nitrogens with zero attached hydrogens (tertiary/aromatic N) is 4. The topological polar surface area (TPSA) is 103 Å². The van der Waals surface area contributed by atoms with Crippen LogP contribution in [0.4, 0.5) is 11.5 Å². The highest BCUT2D eigenvalue weighted by Crippen LogP contribution is 2.15. The monoisotopic (exact) mass is 359 g/mol. The van der Waals surface area contributed by atoms with Crippen LogP contribution in [0.15, 0.2) is 30.3 Å². The lowest BCUT2D eigenvalue weighted by Crippen LogP contribution is -2.35. The molecule has 0 unspecified atom stereocenters. The van der Waals surface area contributed by atoms with Crippen molar-refractivity contribution in [2.75, 3.05) is 31.6 Å². The fourth-order valence-electron chi connectivity index (χ4n) is 2.84. The molecular weight excluding hydrogens is 338 g/mol. The third kappa shape index (κ3) is 4.64. The van der Waals surface area contributed by atoms with E-state index < -0.39 is 4.92 Å². The summed E-state index contributed by atoms with van der Waals surface area (Å²) in [4.78, 5) is 24.7. The van der Waals surface area contributed by atoms with Crippen LogP contribution < -0.4 is 5.32 Å². The van der Waals surface area contributed by atoms with Gasteiger partial charge in [-0.05, 0) is 29.5 Å². The van der Waals surface area contributed by atoms with Crippen LogP contribution >= 0.6 is 0 Å². The maximum Gasteiger partial charge on any atom is 0.390 e. The lowest BCUT2D eigenvalue weighted by Gasteiger charge is -2.26. The zero-order valence-corrected chi connectivity index (χ0v) is 14.6. The number of aryl methyl sites for hydroxylation is 1. The molecular formula is C17H21N5O4. The van der Waals surface area contributed by atoms with Crippen molar-refractivity contribution < 1.29 is 14.5 Å². The van der Waals surface area contributed by atoms with E-state index in [0.717, 1.165) is 38.4 Å². The quantitative estimate of drug-likeness (QED) is 0.620.